The van der Waals surface area contributed by atoms with Gasteiger partial charge < -0.3 is 15.4 Å². The zero-order valence-electron chi connectivity index (χ0n) is 14.5. The number of carbonyl (C=O) groups is 2. The summed E-state index contributed by atoms with van der Waals surface area (Å²) in [6, 6.07) is 5.96. The summed E-state index contributed by atoms with van der Waals surface area (Å²) in [5, 5.41) is 5.84. The first-order valence-corrected chi connectivity index (χ1v) is 7.83. The number of nitrogens with one attached hydrogen (secondary N) is 2. The van der Waals surface area contributed by atoms with Crippen LogP contribution < -0.4 is 10.6 Å². The molecule has 2 N–H and O–H groups in total. The maximum absolute atomic E-state index is 12.6. The molecule has 5 nitrogen and oxygen atoms in total. The second-order valence-corrected chi connectivity index (χ2v) is 7.75. The molecule has 0 aliphatic carbocycles. The molecular formula is C17H25ClN2O3. The summed E-state index contributed by atoms with van der Waals surface area (Å²) in [4.78, 5) is 24.6. The highest BCUT2D eigenvalue weighted by Gasteiger charge is 2.29. The van der Waals surface area contributed by atoms with E-state index in [1.54, 1.807) is 45.0 Å². The third-order valence-electron chi connectivity index (χ3n) is 2.64. The first-order chi connectivity index (χ1) is 10.4. The van der Waals surface area contributed by atoms with Gasteiger partial charge in [-0.2, -0.15) is 0 Å². The third kappa shape index (κ3) is 6.91. The molecule has 0 radical (unpaired) electrons. The van der Waals surface area contributed by atoms with Gasteiger partial charge in [-0.1, -0.05) is 29.8 Å². The Morgan fingerprint density at radius 1 is 1.09 bits per heavy atom. The highest BCUT2D eigenvalue weighted by Crippen LogP contribution is 2.24. The predicted octanol–water partition coefficient (Wildman–Crippen LogP) is 3.82. The van der Waals surface area contributed by atoms with Gasteiger partial charge in [0.1, 0.15) is 11.6 Å². The van der Waals surface area contributed by atoms with Gasteiger partial charge in [-0.05, 0) is 47.6 Å². The number of alkyl carbamates (subject to hydrolysis) is 1. The van der Waals surface area contributed by atoms with Gasteiger partial charge in [0.15, 0.2) is 0 Å². The van der Waals surface area contributed by atoms with E-state index in [0.717, 1.165) is 0 Å². The quantitative estimate of drug-likeness (QED) is 0.878. The fourth-order valence-corrected chi connectivity index (χ4v) is 2.11. The van der Waals surface area contributed by atoms with Crippen LogP contribution in [0.2, 0.25) is 5.02 Å². The molecule has 0 saturated heterocycles. The van der Waals surface area contributed by atoms with E-state index in [4.69, 9.17) is 16.3 Å². The Balaban J connectivity index is 3.05. The van der Waals surface area contributed by atoms with Crippen LogP contribution in [0.25, 0.3) is 0 Å². The maximum atomic E-state index is 12.6. The molecule has 6 heteroatoms. The van der Waals surface area contributed by atoms with Gasteiger partial charge in [0.2, 0.25) is 5.91 Å². The molecule has 0 aliphatic rings. The lowest BCUT2D eigenvalue weighted by molar-refractivity contribution is -0.124. The summed E-state index contributed by atoms with van der Waals surface area (Å²) in [7, 11) is 0. The lowest BCUT2D eigenvalue weighted by Gasteiger charge is -2.27. The van der Waals surface area contributed by atoms with Gasteiger partial charge in [-0.15, -0.1) is 0 Å². The summed E-state index contributed by atoms with van der Waals surface area (Å²) < 4.78 is 5.24. The molecule has 2 amide bonds. The molecule has 0 fully saturated rings. The van der Waals surface area contributed by atoms with Crippen molar-refractivity contribution in [1.29, 1.82) is 0 Å². The first kappa shape index (κ1) is 19.3. The van der Waals surface area contributed by atoms with Crippen molar-refractivity contribution in [3.05, 3.63) is 34.9 Å². The highest BCUT2D eigenvalue weighted by molar-refractivity contribution is 6.31. The number of carbonyl (C=O) groups excluding carboxylic acids is 2. The van der Waals surface area contributed by atoms with E-state index in [1.165, 1.54) is 0 Å². The van der Waals surface area contributed by atoms with Gasteiger partial charge in [-0.25, -0.2) is 4.79 Å². The molecule has 1 atom stereocenters. The molecule has 1 aromatic rings. The minimum Gasteiger partial charge on any atom is -0.444 e. The van der Waals surface area contributed by atoms with Crippen LogP contribution in [-0.2, 0) is 9.53 Å². The minimum absolute atomic E-state index is 0.351. The molecular weight excluding hydrogens is 316 g/mol. The van der Waals surface area contributed by atoms with Crippen LogP contribution >= 0.6 is 11.6 Å². The second-order valence-electron chi connectivity index (χ2n) is 7.34. The topological polar surface area (TPSA) is 67.4 Å². The summed E-state index contributed by atoms with van der Waals surface area (Å²) in [6.45, 7) is 10.9. The molecule has 0 spiro atoms. The highest BCUT2D eigenvalue weighted by atomic mass is 35.5. The Kier molecular flexibility index (Phi) is 6.05. The standard InChI is InChI=1S/C17H25ClN2O3/c1-16(2,3)20-14(21)13(11-9-7-8-10-12(11)18)19-15(22)23-17(4,5)6/h7-10,13H,1-6H3,(H,19,22)(H,20,21). The average Bonchev–Trinajstić information content (AvgIpc) is 2.32. The van der Waals surface area contributed by atoms with Crippen LogP contribution in [-0.4, -0.2) is 23.1 Å². The molecule has 128 valence electrons. The number of benzene rings is 1. The Morgan fingerprint density at radius 3 is 2.13 bits per heavy atom. The monoisotopic (exact) mass is 340 g/mol. The number of hydrogen-bond donors (Lipinski definition) is 2. The number of rotatable bonds is 3. The first-order valence-electron chi connectivity index (χ1n) is 7.45. The molecule has 23 heavy (non-hydrogen) atoms. The van der Waals surface area contributed by atoms with Crippen LogP contribution in [0.1, 0.15) is 53.1 Å². The number of halogens is 1. The van der Waals surface area contributed by atoms with Crippen molar-refractivity contribution in [1.82, 2.24) is 10.6 Å². The largest absolute Gasteiger partial charge is 0.444 e. The molecule has 0 bridgehead atoms. The molecule has 1 unspecified atom stereocenters. The summed E-state index contributed by atoms with van der Waals surface area (Å²) >= 11 is 6.18. The van der Waals surface area contributed by atoms with Gasteiger partial charge in [0.25, 0.3) is 0 Å². The van der Waals surface area contributed by atoms with E-state index in [9.17, 15) is 9.59 Å². The number of ether oxygens (including phenoxy) is 1. The van der Waals surface area contributed by atoms with E-state index >= 15 is 0 Å². The SMILES string of the molecule is CC(C)(C)NC(=O)C(NC(=O)OC(C)(C)C)c1ccccc1Cl. The van der Waals surface area contributed by atoms with E-state index in [2.05, 4.69) is 10.6 Å². The van der Waals surface area contributed by atoms with Crippen molar-refractivity contribution in [3.8, 4) is 0 Å². The van der Waals surface area contributed by atoms with Crippen molar-refractivity contribution >= 4 is 23.6 Å². The fourth-order valence-electron chi connectivity index (χ4n) is 1.86. The predicted molar refractivity (Wildman–Crippen MR) is 91.5 cm³/mol. The van der Waals surface area contributed by atoms with Crippen LogP contribution in [0.15, 0.2) is 24.3 Å². The van der Waals surface area contributed by atoms with Gasteiger partial charge >= 0.3 is 6.09 Å². The van der Waals surface area contributed by atoms with E-state index < -0.39 is 23.3 Å². The van der Waals surface area contributed by atoms with Crippen molar-refractivity contribution in [3.63, 3.8) is 0 Å². The van der Waals surface area contributed by atoms with Crippen molar-refractivity contribution in [2.45, 2.75) is 58.7 Å². The van der Waals surface area contributed by atoms with Crippen LogP contribution in [0.4, 0.5) is 4.79 Å². The van der Waals surface area contributed by atoms with Crippen molar-refractivity contribution in [2.75, 3.05) is 0 Å². The van der Waals surface area contributed by atoms with Gasteiger partial charge in [0, 0.05) is 16.1 Å². The zero-order valence-corrected chi connectivity index (χ0v) is 15.2. The fraction of sp³-hybridized carbons (Fsp3) is 0.529. The molecule has 0 aromatic heterocycles. The zero-order chi connectivity index (χ0) is 17.8. The average molecular weight is 341 g/mol. The van der Waals surface area contributed by atoms with Crippen LogP contribution in [0, 0.1) is 0 Å². The van der Waals surface area contributed by atoms with Gasteiger partial charge in [-0.3, -0.25) is 4.79 Å². The third-order valence-corrected chi connectivity index (χ3v) is 2.98. The molecule has 1 rings (SSSR count). The number of amides is 2. The lowest BCUT2D eigenvalue weighted by atomic mass is 10.0. The lowest BCUT2D eigenvalue weighted by Crippen LogP contribution is -2.48. The Hall–Kier alpha value is -1.75. The van der Waals surface area contributed by atoms with Crippen molar-refractivity contribution < 1.29 is 14.3 Å². The summed E-state index contributed by atoms with van der Waals surface area (Å²) in [6.07, 6.45) is -0.675. The van der Waals surface area contributed by atoms with Crippen molar-refractivity contribution in [2.24, 2.45) is 0 Å². The van der Waals surface area contributed by atoms with E-state index in [1.807, 2.05) is 20.8 Å². The molecule has 0 heterocycles. The Bertz CT molecular complexity index is 574. The Morgan fingerprint density at radius 2 is 1.65 bits per heavy atom. The summed E-state index contributed by atoms with van der Waals surface area (Å²) in [5.74, 6) is -0.351. The van der Waals surface area contributed by atoms with Crippen LogP contribution in [0.5, 0.6) is 0 Å². The minimum atomic E-state index is -0.933. The molecule has 1 aromatic carbocycles. The normalized spacial score (nSPS) is 13.2. The van der Waals surface area contributed by atoms with E-state index in [-0.39, 0.29) is 5.91 Å². The second kappa shape index (κ2) is 7.21. The maximum Gasteiger partial charge on any atom is 0.408 e. The van der Waals surface area contributed by atoms with E-state index in [0.29, 0.717) is 10.6 Å². The Labute approximate surface area is 142 Å². The van der Waals surface area contributed by atoms with Crippen LogP contribution in [0.3, 0.4) is 0 Å². The molecule has 0 saturated carbocycles. The smallest absolute Gasteiger partial charge is 0.408 e. The summed E-state index contributed by atoms with van der Waals surface area (Å²) in [5.41, 5.74) is -0.580. The molecule has 0 aliphatic heterocycles. The van der Waals surface area contributed by atoms with Gasteiger partial charge in [0.05, 0.1) is 0 Å². The number of hydrogen-bond acceptors (Lipinski definition) is 3.